The molecule has 0 fully saturated rings. The fourth-order valence-corrected chi connectivity index (χ4v) is 1.94. The van der Waals surface area contributed by atoms with Crippen molar-refractivity contribution in [3.8, 4) is 0 Å². The Labute approximate surface area is 70.8 Å². The summed E-state index contributed by atoms with van der Waals surface area (Å²) in [6, 6.07) is 0. The van der Waals surface area contributed by atoms with Gasteiger partial charge in [-0.25, -0.2) is 5.10 Å². The van der Waals surface area contributed by atoms with E-state index in [9.17, 15) is 4.79 Å². The lowest BCUT2D eigenvalue weighted by Crippen LogP contribution is -2.16. The predicted molar refractivity (Wildman–Crippen MR) is 46.3 cm³/mol. The fraction of sp³-hybridized carbons (Fsp3) is 0.556. The molecule has 0 saturated carbocycles. The highest BCUT2D eigenvalue weighted by atomic mass is 16.1. The van der Waals surface area contributed by atoms with Crippen molar-refractivity contribution in [1.82, 2.24) is 10.2 Å². The Hall–Kier alpha value is -1.12. The Morgan fingerprint density at radius 1 is 1.58 bits per heavy atom. The molecule has 1 aromatic rings. The normalized spacial score (nSPS) is 21.0. The number of nitrogens with one attached hydrogen (secondary N) is 1. The average molecular weight is 164 g/mol. The summed E-state index contributed by atoms with van der Waals surface area (Å²) in [5.74, 6) is 0.408. The van der Waals surface area contributed by atoms with E-state index in [1.165, 1.54) is 5.56 Å². The summed E-state index contributed by atoms with van der Waals surface area (Å²) < 4.78 is 0. The number of fused-ring (bicyclic) bond motifs is 1. The molecule has 0 radical (unpaired) electrons. The average Bonchev–Trinajstić information content (AvgIpc) is 2.42. The van der Waals surface area contributed by atoms with Gasteiger partial charge in [0.25, 0.3) is 5.56 Å². The molecule has 0 spiro atoms. The predicted octanol–water partition coefficient (Wildman–Crippen LogP) is 1.13. The van der Waals surface area contributed by atoms with E-state index < -0.39 is 0 Å². The smallest absolute Gasteiger partial charge is 0.267 e. The highest BCUT2D eigenvalue weighted by molar-refractivity contribution is 5.34. The quantitative estimate of drug-likeness (QED) is 0.624. The largest absolute Gasteiger partial charge is 0.268 e. The van der Waals surface area contributed by atoms with E-state index in [4.69, 9.17) is 0 Å². The van der Waals surface area contributed by atoms with Crippen LogP contribution in [-0.4, -0.2) is 10.2 Å². The van der Waals surface area contributed by atoms with Gasteiger partial charge < -0.3 is 0 Å². The van der Waals surface area contributed by atoms with Crippen molar-refractivity contribution in [3.63, 3.8) is 0 Å². The van der Waals surface area contributed by atoms with E-state index in [-0.39, 0.29) is 5.56 Å². The van der Waals surface area contributed by atoms with Crippen LogP contribution in [-0.2, 0) is 6.42 Å². The van der Waals surface area contributed by atoms with Crippen molar-refractivity contribution in [3.05, 3.63) is 27.2 Å². The van der Waals surface area contributed by atoms with Crippen LogP contribution in [0.25, 0.3) is 0 Å². The van der Waals surface area contributed by atoms with Gasteiger partial charge in [0.15, 0.2) is 0 Å². The van der Waals surface area contributed by atoms with E-state index in [2.05, 4.69) is 17.1 Å². The molecule has 1 aromatic heterocycles. The number of hydrogen-bond acceptors (Lipinski definition) is 2. The molecule has 0 saturated heterocycles. The van der Waals surface area contributed by atoms with Crippen LogP contribution in [0.5, 0.6) is 0 Å². The van der Waals surface area contributed by atoms with Crippen LogP contribution in [0.15, 0.2) is 4.79 Å². The minimum Gasteiger partial charge on any atom is -0.268 e. The highest BCUT2D eigenvalue weighted by Gasteiger charge is 2.23. The van der Waals surface area contributed by atoms with E-state index in [0.29, 0.717) is 5.92 Å². The molecule has 0 bridgehead atoms. The molecule has 3 heteroatoms. The zero-order valence-electron chi connectivity index (χ0n) is 7.35. The lowest BCUT2D eigenvalue weighted by atomic mass is 10.1. The first kappa shape index (κ1) is 7.53. The molecule has 0 aliphatic heterocycles. The van der Waals surface area contributed by atoms with Crippen LogP contribution >= 0.6 is 0 Å². The number of hydrogen-bond donors (Lipinski definition) is 1. The Bertz CT molecular complexity index is 367. The van der Waals surface area contributed by atoms with Gasteiger partial charge in [0.05, 0.1) is 5.69 Å². The molecule has 3 nitrogen and oxygen atoms in total. The number of aryl methyl sites for hydroxylation is 1. The highest BCUT2D eigenvalue weighted by Crippen LogP contribution is 2.30. The molecule has 1 heterocycles. The van der Waals surface area contributed by atoms with Crippen molar-refractivity contribution in [2.75, 3.05) is 0 Å². The summed E-state index contributed by atoms with van der Waals surface area (Å²) in [7, 11) is 0. The van der Waals surface area contributed by atoms with E-state index in [1.807, 2.05) is 6.92 Å². The molecule has 2 rings (SSSR count). The maximum Gasteiger partial charge on any atom is 0.267 e. The summed E-state index contributed by atoms with van der Waals surface area (Å²) in [5.41, 5.74) is 3.11. The summed E-state index contributed by atoms with van der Waals surface area (Å²) in [4.78, 5) is 11.4. The minimum atomic E-state index is 0.000556. The number of aromatic amines is 1. The summed E-state index contributed by atoms with van der Waals surface area (Å²) in [5, 5.41) is 6.47. The SMILES string of the molecule is Cc1n[nH]c(=O)c2c1CCC2C. The van der Waals surface area contributed by atoms with E-state index in [0.717, 1.165) is 24.1 Å². The number of aromatic nitrogens is 2. The number of rotatable bonds is 0. The standard InChI is InChI=1S/C9H12N2O/c1-5-3-4-7-6(2)10-11-9(12)8(5)7/h5H,3-4H2,1-2H3,(H,11,12). The third-order valence-corrected chi connectivity index (χ3v) is 2.65. The van der Waals surface area contributed by atoms with Crippen LogP contribution in [0.4, 0.5) is 0 Å². The molecule has 12 heavy (non-hydrogen) atoms. The van der Waals surface area contributed by atoms with Crippen molar-refractivity contribution >= 4 is 0 Å². The van der Waals surface area contributed by atoms with Crippen LogP contribution in [0.1, 0.15) is 36.1 Å². The molecule has 1 unspecified atom stereocenters. The topological polar surface area (TPSA) is 45.8 Å². The fourth-order valence-electron chi connectivity index (χ4n) is 1.94. The molecule has 1 atom stereocenters. The Morgan fingerprint density at radius 2 is 2.33 bits per heavy atom. The summed E-state index contributed by atoms with van der Waals surface area (Å²) in [6.45, 7) is 4.05. The molecular formula is C9H12N2O. The summed E-state index contributed by atoms with van der Waals surface area (Å²) >= 11 is 0. The zero-order valence-corrected chi connectivity index (χ0v) is 7.35. The third-order valence-electron chi connectivity index (χ3n) is 2.65. The lowest BCUT2D eigenvalue weighted by Gasteiger charge is -2.02. The van der Waals surface area contributed by atoms with Gasteiger partial charge in [0.1, 0.15) is 0 Å². The maximum atomic E-state index is 11.4. The zero-order chi connectivity index (χ0) is 8.72. The number of H-pyrrole nitrogens is 1. The molecule has 1 N–H and O–H groups in total. The second-order valence-electron chi connectivity index (χ2n) is 3.47. The lowest BCUT2D eigenvalue weighted by molar-refractivity contribution is 0.739. The molecule has 0 aromatic carbocycles. The van der Waals surface area contributed by atoms with Crippen LogP contribution in [0, 0.1) is 6.92 Å². The third kappa shape index (κ3) is 0.891. The van der Waals surface area contributed by atoms with Crippen LogP contribution < -0.4 is 5.56 Å². The van der Waals surface area contributed by atoms with Gasteiger partial charge in [-0.05, 0) is 31.2 Å². The van der Waals surface area contributed by atoms with Gasteiger partial charge in [-0.3, -0.25) is 4.79 Å². The molecule has 1 aliphatic carbocycles. The molecular weight excluding hydrogens is 152 g/mol. The van der Waals surface area contributed by atoms with Crippen molar-refractivity contribution in [1.29, 1.82) is 0 Å². The first-order valence-electron chi connectivity index (χ1n) is 4.28. The molecule has 1 aliphatic rings. The second kappa shape index (κ2) is 2.44. The summed E-state index contributed by atoms with van der Waals surface area (Å²) in [6.07, 6.45) is 2.10. The maximum absolute atomic E-state index is 11.4. The van der Waals surface area contributed by atoms with E-state index in [1.54, 1.807) is 0 Å². The molecule has 0 amide bonds. The Balaban J connectivity index is 2.73. The monoisotopic (exact) mass is 164 g/mol. The van der Waals surface area contributed by atoms with Crippen molar-refractivity contribution in [2.45, 2.75) is 32.6 Å². The van der Waals surface area contributed by atoms with Crippen molar-refractivity contribution in [2.24, 2.45) is 0 Å². The van der Waals surface area contributed by atoms with Gasteiger partial charge in [-0.2, -0.15) is 5.10 Å². The van der Waals surface area contributed by atoms with Crippen LogP contribution in [0.2, 0.25) is 0 Å². The van der Waals surface area contributed by atoms with Gasteiger partial charge >= 0.3 is 0 Å². The van der Waals surface area contributed by atoms with Gasteiger partial charge in [-0.15, -0.1) is 0 Å². The Kier molecular flexibility index (Phi) is 1.53. The first-order chi connectivity index (χ1) is 5.70. The van der Waals surface area contributed by atoms with E-state index >= 15 is 0 Å². The molecule has 64 valence electrons. The number of nitrogens with zero attached hydrogens (tertiary/aromatic N) is 1. The second-order valence-corrected chi connectivity index (χ2v) is 3.47. The van der Waals surface area contributed by atoms with Gasteiger partial charge in [0.2, 0.25) is 0 Å². The van der Waals surface area contributed by atoms with Crippen LogP contribution in [0.3, 0.4) is 0 Å². The van der Waals surface area contributed by atoms with Gasteiger partial charge in [0, 0.05) is 5.56 Å². The van der Waals surface area contributed by atoms with Gasteiger partial charge in [-0.1, -0.05) is 6.92 Å². The minimum absolute atomic E-state index is 0.000556. The van der Waals surface area contributed by atoms with Crippen molar-refractivity contribution < 1.29 is 0 Å². The Morgan fingerprint density at radius 3 is 3.00 bits per heavy atom. The first-order valence-corrected chi connectivity index (χ1v) is 4.28.